The molecule has 6 atom stereocenters. The first-order valence-corrected chi connectivity index (χ1v) is 25.1. The Hall–Kier alpha value is -2.46. The Morgan fingerprint density at radius 1 is 0.629 bits per heavy atom. The zero-order valence-corrected chi connectivity index (χ0v) is 39.0. The predicted molar refractivity (Wildman–Crippen MR) is 248 cm³/mol. The molecule has 1 aliphatic heterocycles. The Bertz CT molecular complexity index is 1360. The molecule has 1 saturated heterocycles. The molecule has 0 aromatic carbocycles. The normalized spacial score (nSPS) is 20.6. The molecule has 0 aromatic rings. The van der Waals surface area contributed by atoms with Crippen molar-refractivity contribution in [1.82, 2.24) is 0 Å². The zero-order valence-electron chi connectivity index (χ0n) is 38.2. The van der Waals surface area contributed by atoms with Crippen molar-refractivity contribution in [2.24, 2.45) is 0 Å². The Labute approximate surface area is 375 Å². The number of ether oxygens (including phenoxy) is 4. The van der Waals surface area contributed by atoms with Crippen molar-refractivity contribution in [3.8, 4) is 0 Å². The molecule has 1 rings (SSSR count). The van der Waals surface area contributed by atoms with Gasteiger partial charge in [0.15, 0.2) is 6.29 Å². The van der Waals surface area contributed by atoms with Crippen molar-refractivity contribution in [3.05, 3.63) is 72.9 Å². The standard InChI is InChI=1S/C49H84O12S/c1-3-5-7-9-11-13-15-17-18-19-20-21-22-23-24-25-27-29-31-33-35-37-39-57-41-43(42-58-49-47(53)48(61-62(54,55)56)46(52)44(40-50)60-49)59-45(51)38-36-34-32-30-28-26-16-14-12-10-8-6-4-2/h5,7-8,10-11,13-14,16-18,20-21,43-44,46-50,52-53H,3-4,6,9,12,15,19,22-42H2,1-2H3,(H,54,55,56)/b7-5-,10-8-,13-11-,16-14-,18-17-,21-20-. The van der Waals surface area contributed by atoms with Gasteiger partial charge in [-0.05, 0) is 77.0 Å². The van der Waals surface area contributed by atoms with Crippen LogP contribution in [0.15, 0.2) is 72.9 Å². The highest BCUT2D eigenvalue weighted by Gasteiger charge is 2.48. The minimum atomic E-state index is -5.07. The van der Waals surface area contributed by atoms with Crippen LogP contribution in [0.5, 0.6) is 0 Å². The van der Waals surface area contributed by atoms with Crippen LogP contribution in [0.1, 0.15) is 168 Å². The van der Waals surface area contributed by atoms with Crippen molar-refractivity contribution < 1.29 is 56.2 Å². The summed E-state index contributed by atoms with van der Waals surface area (Å²) in [6, 6.07) is 0. The number of aliphatic hydroxyl groups excluding tert-OH is 3. The Morgan fingerprint density at radius 2 is 1.11 bits per heavy atom. The molecule has 4 N–H and O–H groups in total. The van der Waals surface area contributed by atoms with Gasteiger partial charge in [-0.25, -0.2) is 4.18 Å². The van der Waals surface area contributed by atoms with Gasteiger partial charge in [0.25, 0.3) is 0 Å². The van der Waals surface area contributed by atoms with Gasteiger partial charge in [-0.2, -0.15) is 8.42 Å². The van der Waals surface area contributed by atoms with Crippen molar-refractivity contribution >= 4 is 16.4 Å². The lowest BCUT2D eigenvalue weighted by Crippen LogP contribution is -2.60. The number of unbranched alkanes of at least 4 members (excludes halogenated alkanes) is 15. The second-order valence-corrected chi connectivity index (χ2v) is 17.0. The van der Waals surface area contributed by atoms with Crippen LogP contribution in [-0.4, -0.2) is 97.5 Å². The highest BCUT2D eigenvalue weighted by molar-refractivity contribution is 7.80. The SMILES string of the molecule is CC/C=C\C/C=C\C/C=C\C/C=C\CCCCCCCCCCCOCC(COC1OC(CO)C(O)C(OS(=O)(=O)O)C1O)OC(=O)CCCCCCC/C=C\C/C=C\CCC. The molecule has 0 saturated carbocycles. The van der Waals surface area contributed by atoms with Gasteiger partial charge in [-0.3, -0.25) is 9.35 Å². The van der Waals surface area contributed by atoms with Gasteiger partial charge >= 0.3 is 16.4 Å². The summed E-state index contributed by atoms with van der Waals surface area (Å²) in [6.07, 6.45) is 42.2. The molecule has 0 spiro atoms. The summed E-state index contributed by atoms with van der Waals surface area (Å²) in [5.74, 6) is -0.419. The molecule has 1 aliphatic rings. The quantitative estimate of drug-likeness (QED) is 0.0198. The van der Waals surface area contributed by atoms with Gasteiger partial charge in [0.05, 0.1) is 19.8 Å². The Kier molecular flexibility index (Phi) is 37.2. The summed E-state index contributed by atoms with van der Waals surface area (Å²) in [5, 5.41) is 30.7. The average molecular weight is 897 g/mol. The van der Waals surface area contributed by atoms with Crippen LogP contribution >= 0.6 is 0 Å². The molecule has 0 aromatic heterocycles. The van der Waals surface area contributed by atoms with Crippen LogP contribution in [0.25, 0.3) is 0 Å². The van der Waals surface area contributed by atoms with Crippen molar-refractivity contribution in [3.63, 3.8) is 0 Å². The summed E-state index contributed by atoms with van der Waals surface area (Å²) in [6.45, 7) is 3.77. The molecule has 0 radical (unpaired) electrons. The fourth-order valence-electron chi connectivity index (χ4n) is 6.76. The highest BCUT2D eigenvalue weighted by atomic mass is 32.3. The fraction of sp³-hybridized carbons (Fsp3) is 0.735. The minimum absolute atomic E-state index is 0.0222. The van der Waals surface area contributed by atoms with E-state index in [1.54, 1.807) is 0 Å². The van der Waals surface area contributed by atoms with Gasteiger partial charge < -0.3 is 34.3 Å². The first-order chi connectivity index (χ1) is 30.1. The third-order valence-electron chi connectivity index (χ3n) is 10.3. The number of carbonyl (C=O) groups excluding carboxylic acids is 1. The fourth-order valence-corrected chi connectivity index (χ4v) is 7.27. The maximum Gasteiger partial charge on any atom is 0.397 e. The van der Waals surface area contributed by atoms with Gasteiger partial charge in [0.1, 0.15) is 30.5 Å². The summed E-state index contributed by atoms with van der Waals surface area (Å²) in [4.78, 5) is 12.8. The number of rotatable bonds is 40. The van der Waals surface area contributed by atoms with E-state index in [0.29, 0.717) is 13.0 Å². The van der Waals surface area contributed by atoms with Crippen molar-refractivity contribution in [2.45, 2.75) is 205 Å². The predicted octanol–water partition coefficient (Wildman–Crippen LogP) is 10.3. The third kappa shape index (κ3) is 33.1. The molecule has 0 amide bonds. The number of esters is 1. The largest absolute Gasteiger partial charge is 0.457 e. The van der Waals surface area contributed by atoms with Crippen LogP contribution in [0, 0.1) is 0 Å². The van der Waals surface area contributed by atoms with Crippen LogP contribution in [0.4, 0.5) is 0 Å². The molecular weight excluding hydrogens is 813 g/mol. The van der Waals surface area contributed by atoms with E-state index in [-0.39, 0.29) is 19.6 Å². The summed E-state index contributed by atoms with van der Waals surface area (Å²) < 4.78 is 59.1. The molecule has 0 bridgehead atoms. The van der Waals surface area contributed by atoms with Crippen LogP contribution in [-0.2, 0) is 38.3 Å². The first kappa shape index (κ1) is 57.6. The van der Waals surface area contributed by atoms with E-state index in [4.69, 9.17) is 23.5 Å². The molecule has 12 nitrogen and oxygen atoms in total. The lowest BCUT2D eigenvalue weighted by atomic mass is 9.99. The maximum absolute atomic E-state index is 12.8. The van der Waals surface area contributed by atoms with Crippen LogP contribution in [0.2, 0.25) is 0 Å². The first-order valence-electron chi connectivity index (χ1n) is 23.7. The van der Waals surface area contributed by atoms with Crippen molar-refractivity contribution in [1.29, 1.82) is 0 Å². The number of hydrogen-bond donors (Lipinski definition) is 4. The van der Waals surface area contributed by atoms with Crippen LogP contribution < -0.4 is 0 Å². The molecule has 1 fully saturated rings. The highest BCUT2D eigenvalue weighted by Crippen LogP contribution is 2.26. The Balaban J connectivity index is 2.38. The molecular formula is C49H84O12S. The molecule has 0 aliphatic carbocycles. The molecule has 62 heavy (non-hydrogen) atoms. The van der Waals surface area contributed by atoms with Gasteiger partial charge in [0, 0.05) is 13.0 Å². The topological polar surface area (TPSA) is 178 Å². The number of aliphatic hydroxyl groups is 3. The van der Waals surface area contributed by atoms with E-state index in [1.807, 2.05) is 0 Å². The Morgan fingerprint density at radius 3 is 1.63 bits per heavy atom. The average Bonchev–Trinajstić information content (AvgIpc) is 3.24. The van der Waals surface area contributed by atoms with Gasteiger partial charge in [-0.1, -0.05) is 157 Å². The van der Waals surface area contributed by atoms with Gasteiger partial charge in [-0.15, -0.1) is 0 Å². The lowest BCUT2D eigenvalue weighted by molar-refractivity contribution is -0.301. The van der Waals surface area contributed by atoms with E-state index in [9.17, 15) is 28.5 Å². The summed E-state index contributed by atoms with van der Waals surface area (Å²) in [7, 11) is -5.07. The maximum atomic E-state index is 12.8. The van der Waals surface area contributed by atoms with Crippen molar-refractivity contribution in [2.75, 3.05) is 26.4 Å². The number of carbonyl (C=O) groups is 1. The van der Waals surface area contributed by atoms with Gasteiger partial charge in [0.2, 0.25) is 0 Å². The zero-order chi connectivity index (χ0) is 45.4. The lowest BCUT2D eigenvalue weighted by Gasteiger charge is -2.41. The second kappa shape index (κ2) is 40.1. The van der Waals surface area contributed by atoms with E-state index >= 15 is 0 Å². The van der Waals surface area contributed by atoms with E-state index in [2.05, 4.69) is 90.9 Å². The smallest absolute Gasteiger partial charge is 0.397 e. The molecule has 6 unspecified atom stereocenters. The van der Waals surface area contributed by atoms with E-state index in [1.165, 1.54) is 38.5 Å². The van der Waals surface area contributed by atoms with E-state index < -0.39 is 59.8 Å². The third-order valence-corrected chi connectivity index (χ3v) is 10.8. The summed E-state index contributed by atoms with van der Waals surface area (Å²) in [5.41, 5.74) is 0. The monoisotopic (exact) mass is 897 g/mol. The minimum Gasteiger partial charge on any atom is -0.457 e. The number of hydrogen-bond acceptors (Lipinski definition) is 11. The second-order valence-electron chi connectivity index (χ2n) is 16.0. The summed E-state index contributed by atoms with van der Waals surface area (Å²) >= 11 is 0. The van der Waals surface area contributed by atoms with E-state index in [0.717, 1.165) is 103 Å². The van der Waals surface area contributed by atoms with Crippen LogP contribution in [0.3, 0.4) is 0 Å². The number of allylic oxidation sites excluding steroid dienone is 12. The molecule has 13 heteroatoms. The molecule has 358 valence electrons. The molecule has 1 heterocycles.